The molecule has 1 saturated heterocycles. The molecule has 3 aromatic rings. The number of hydrogen-bond acceptors (Lipinski definition) is 5. The summed E-state index contributed by atoms with van der Waals surface area (Å²) in [5, 5.41) is 2.73. The van der Waals surface area contributed by atoms with Crippen LogP contribution in [0, 0.1) is 25.5 Å². The Morgan fingerprint density at radius 2 is 1.79 bits per heavy atom. The second kappa shape index (κ2) is 10.0. The molecule has 2 aromatic carbocycles. The van der Waals surface area contributed by atoms with Gasteiger partial charge in [0.05, 0.1) is 21.8 Å². The first-order valence-corrected chi connectivity index (χ1v) is 14.1. The molecule has 0 aliphatic carbocycles. The Bertz CT molecular complexity index is 1640. The number of sulfone groups is 1. The normalized spacial score (nSPS) is 17.0. The van der Waals surface area contributed by atoms with Crippen molar-refractivity contribution in [3.8, 4) is 0 Å². The number of aromatic amines is 1. The summed E-state index contributed by atoms with van der Waals surface area (Å²) in [6.45, 7) is 6.45. The largest absolute Gasteiger partial charge is 0.358 e. The van der Waals surface area contributed by atoms with Crippen molar-refractivity contribution in [3.05, 3.63) is 81.7 Å². The quantitative estimate of drug-likeness (QED) is 0.468. The van der Waals surface area contributed by atoms with Crippen LogP contribution in [0.15, 0.2) is 41.3 Å². The molecule has 2 amide bonds. The molecule has 39 heavy (non-hydrogen) atoms. The lowest BCUT2D eigenvalue weighted by Crippen LogP contribution is -2.47. The minimum absolute atomic E-state index is 0.0757. The van der Waals surface area contributed by atoms with Gasteiger partial charge < -0.3 is 20.1 Å². The van der Waals surface area contributed by atoms with Crippen LogP contribution in [-0.4, -0.2) is 68.2 Å². The number of aromatic nitrogens is 1. The van der Waals surface area contributed by atoms with Gasteiger partial charge in [-0.05, 0) is 56.8 Å². The van der Waals surface area contributed by atoms with Gasteiger partial charge in [0.2, 0.25) is 0 Å². The Morgan fingerprint density at radius 1 is 1.08 bits per heavy atom. The summed E-state index contributed by atoms with van der Waals surface area (Å²) in [4.78, 5) is 33.2. The number of amides is 2. The Morgan fingerprint density at radius 3 is 2.51 bits per heavy atom. The number of H-pyrrole nitrogens is 1. The van der Waals surface area contributed by atoms with Crippen molar-refractivity contribution in [3.63, 3.8) is 0 Å². The van der Waals surface area contributed by atoms with Crippen molar-refractivity contribution in [2.45, 2.75) is 24.5 Å². The van der Waals surface area contributed by atoms with E-state index in [-0.39, 0.29) is 21.9 Å². The molecule has 0 radical (unpaired) electrons. The predicted molar refractivity (Wildman–Crippen MR) is 144 cm³/mol. The van der Waals surface area contributed by atoms with E-state index in [2.05, 4.69) is 15.2 Å². The van der Waals surface area contributed by atoms with E-state index in [9.17, 15) is 26.8 Å². The van der Waals surface area contributed by atoms with Crippen LogP contribution in [0.3, 0.4) is 0 Å². The summed E-state index contributed by atoms with van der Waals surface area (Å²) >= 11 is 0. The van der Waals surface area contributed by atoms with Crippen molar-refractivity contribution in [1.29, 1.82) is 0 Å². The SMILES string of the molecule is Cc1[nH]c(C=C2C(=O)Nc3ccc(S(=O)(=O)Cc4cccc(F)c4F)cc32)c(C)c1C(=O)N1CCN(C)CC1. The molecular weight excluding hydrogens is 526 g/mol. The lowest BCUT2D eigenvalue weighted by atomic mass is 10.0. The lowest BCUT2D eigenvalue weighted by molar-refractivity contribution is -0.110. The fraction of sp³-hybridized carbons (Fsp3) is 0.286. The van der Waals surface area contributed by atoms with Gasteiger partial charge in [-0.2, -0.15) is 0 Å². The number of benzene rings is 2. The number of fused-ring (bicyclic) bond motifs is 1. The van der Waals surface area contributed by atoms with Gasteiger partial charge in [0, 0.05) is 54.4 Å². The third-order valence-electron chi connectivity index (χ3n) is 7.28. The van der Waals surface area contributed by atoms with E-state index in [1.807, 2.05) is 11.9 Å². The minimum atomic E-state index is -4.06. The summed E-state index contributed by atoms with van der Waals surface area (Å²) in [6, 6.07) is 7.54. The van der Waals surface area contributed by atoms with Crippen LogP contribution in [0.2, 0.25) is 0 Å². The highest BCUT2D eigenvalue weighted by atomic mass is 32.2. The van der Waals surface area contributed by atoms with E-state index < -0.39 is 33.1 Å². The van der Waals surface area contributed by atoms with Crippen LogP contribution >= 0.6 is 0 Å². The number of nitrogens with one attached hydrogen (secondary N) is 2. The molecule has 0 atom stereocenters. The highest BCUT2D eigenvalue weighted by Crippen LogP contribution is 2.36. The molecule has 11 heteroatoms. The van der Waals surface area contributed by atoms with E-state index in [0.29, 0.717) is 46.9 Å². The number of carbonyl (C=O) groups excluding carboxylic acids is 2. The third kappa shape index (κ3) is 4.99. The van der Waals surface area contributed by atoms with Gasteiger partial charge in [0.1, 0.15) is 0 Å². The van der Waals surface area contributed by atoms with Crippen LogP contribution in [0.5, 0.6) is 0 Å². The van der Waals surface area contributed by atoms with Gasteiger partial charge in [0.25, 0.3) is 11.8 Å². The number of likely N-dealkylation sites (N-methyl/N-ethyl adjacent to an activating group) is 1. The van der Waals surface area contributed by atoms with Crippen LogP contribution in [0.1, 0.15) is 38.4 Å². The van der Waals surface area contributed by atoms with E-state index in [0.717, 1.165) is 19.2 Å². The molecule has 0 spiro atoms. The van der Waals surface area contributed by atoms with Gasteiger partial charge in [-0.25, -0.2) is 17.2 Å². The van der Waals surface area contributed by atoms with Gasteiger partial charge in [-0.1, -0.05) is 12.1 Å². The summed E-state index contributed by atoms with van der Waals surface area (Å²) in [7, 11) is -2.05. The van der Waals surface area contributed by atoms with Crippen molar-refractivity contribution in [1.82, 2.24) is 14.8 Å². The molecule has 1 aromatic heterocycles. The highest BCUT2D eigenvalue weighted by Gasteiger charge is 2.29. The standard InChI is InChI=1S/C28H28F2N4O4S/c1-16-24(31-17(2)25(16)28(36)34-11-9-33(3)10-12-34)14-21-20-13-19(7-8-23(20)32-27(21)35)39(37,38)15-18-5-4-6-22(29)26(18)30/h4-8,13-14,31H,9-12,15H2,1-3H3,(H,32,35). The number of halogens is 2. The van der Waals surface area contributed by atoms with Crippen molar-refractivity contribution < 1.29 is 26.8 Å². The molecule has 204 valence electrons. The Kier molecular flexibility index (Phi) is 6.90. The third-order valence-corrected chi connectivity index (χ3v) is 8.94. The number of aryl methyl sites for hydroxylation is 1. The topological polar surface area (TPSA) is 103 Å². The molecular formula is C28H28F2N4O4S. The van der Waals surface area contributed by atoms with Crippen LogP contribution < -0.4 is 5.32 Å². The zero-order valence-electron chi connectivity index (χ0n) is 21.8. The van der Waals surface area contributed by atoms with Crippen LogP contribution in [-0.2, 0) is 20.4 Å². The van der Waals surface area contributed by atoms with Crippen LogP contribution in [0.25, 0.3) is 11.6 Å². The second-order valence-electron chi connectivity index (χ2n) is 9.95. The van der Waals surface area contributed by atoms with Crippen molar-refractivity contribution >= 4 is 39.0 Å². The van der Waals surface area contributed by atoms with E-state index in [4.69, 9.17) is 0 Å². The smallest absolute Gasteiger partial charge is 0.256 e. The Labute approximate surface area is 225 Å². The van der Waals surface area contributed by atoms with Gasteiger partial charge in [0.15, 0.2) is 21.5 Å². The fourth-order valence-electron chi connectivity index (χ4n) is 5.00. The molecule has 2 N–H and O–H groups in total. The number of nitrogens with zero attached hydrogens (tertiary/aromatic N) is 2. The number of anilines is 1. The average Bonchev–Trinajstić information content (AvgIpc) is 3.35. The highest BCUT2D eigenvalue weighted by molar-refractivity contribution is 7.90. The first-order chi connectivity index (χ1) is 18.5. The lowest BCUT2D eigenvalue weighted by Gasteiger charge is -2.32. The summed E-state index contributed by atoms with van der Waals surface area (Å²) < 4.78 is 54.0. The molecule has 0 saturated carbocycles. The van der Waals surface area contributed by atoms with Gasteiger partial charge >= 0.3 is 0 Å². The number of piperazine rings is 1. The fourth-order valence-corrected chi connectivity index (χ4v) is 6.38. The summed E-state index contributed by atoms with van der Waals surface area (Å²) in [5.41, 5.74) is 3.22. The average molecular weight is 555 g/mol. The van der Waals surface area contributed by atoms with E-state index in [1.165, 1.54) is 30.3 Å². The zero-order valence-corrected chi connectivity index (χ0v) is 22.6. The molecule has 0 bridgehead atoms. The molecule has 5 rings (SSSR count). The second-order valence-corrected chi connectivity index (χ2v) is 11.9. The molecule has 8 nitrogen and oxygen atoms in total. The number of carbonyl (C=O) groups is 2. The Balaban J connectivity index is 1.48. The van der Waals surface area contributed by atoms with Crippen molar-refractivity contribution in [2.75, 3.05) is 38.5 Å². The minimum Gasteiger partial charge on any atom is -0.358 e. The first-order valence-electron chi connectivity index (χ1n) is 12.5. The first kappa shape index (κ1) is 26.8. The number of rotatable bonds is 5. The summed E-state index contributed by atoms with van der Waals surface area (Å²) in [5.74, 6) is -3.57. The maximum absolute atomic E-state index is 14.2. The van der Waals surface area contributed by atoms with Crippen molar-refractivity contribution in [2.24, 2.45) is 0 Å². The van der Waals surface area contributed by atoms with Gasteiger partial charge in [-0.15, -0.1) is 0 Å². The predicted octanol–water partition coefficient (Wildman–Crippen LogP) is 3.76. The summed E-state index contributed by atoms with van der Waals surface area (Å²) in [6.07, 6.45) is 1.60. The molecule has 3 heterocycles. The van der Waals surface area contributed by atoms with E-state index >= 15 is 0 Å². The monoisotopic (exact) mass is 554 g/mol. The number of hydrogen-bond donors (Lipinski definition) is 2. The molecule has 2 aliphatic rings. The maximum atomic E-state index is 14.2. The molecule has 2 aliphatic heterocycles. The van der Waals surface area contributed by atoms with Gasteiger partial charge in [-0.3, -0.25) is 9.59 Å². The van der Waals surface area contributed by atoms with Crippen LogP contribution in [0.4, 0.5) is 14.5 Å². The molecule has 1 fully saturated rings. The zero-order chi connectivity index (χ0) is 28.1. The van der Waals surface area contributed by atoms with E-state index in [1.54, 1.807) is 19.9 Å². The Hall–Kier alpha value is -3.83. The molecule has 0 unspecified atom stereocenters. The maximum Gasteiger partial charge on any atom is 0.256 e.